The summed E-state index contributed by atoms with van der Waals surface area (Å²) in [5.74, 6) is 0.264. The highest BCUT2D eigenvalue weighted by molar-refractivity contribution is 5.81. The molecular weight excluding hydrogens is 334 g/mol. The van der Waals surface area contributed by atoms with Crippen LogP contribution in [-0.4, -0.2) is 36.9 Å². The zero-order chi connectivity index (χ0) is 19.6. The van der Waals surface area contributed by atoms with Gasteiger partial charge in [-0.15, -0.1) is 0 Å². The quantitative estimate of drug-likeness (QED) is 0.673. The van der Waals surface area contributed by atoms with Gasteiger partial charge >= 0.3 is 12.1 Å². The molecule has 0 fully saturated rings. The van der Waals surface area contributed by atoms with Crippen molar-refractivity contribution in [1.82, 2.24) is 5.32 Å². The van der Waals surface area contributed by atoms with E-state index in [0.29, 0.717) is 26.1 Å². The standard InChI is InChI=1S/C20H31NO5/c1-6-11-24-16-10-8-9-15(13-16)14-17(18(22)25-12-7-2)21-19(23)26-20(3,4)5/h8-10,13,17H,6-7,11-12,14H2,1-5H3,(H,21,23). The van der Waals surface area contributed by atoms with Crippen molar-refractivity contribution in [3.05, 3.63) is 29.8 Å². The summed E-state index contributed by atoms with van der Waals surface area (Å²) in [5.41, 5.74) is 0.226. The Balaban J connectivity index is 2.84. The third-order valence-corrected chi connectivity index (χ3v) is 3.24. The molecule has 0 spiro atoms. The first kappa shape index (κ1) is 21.8. The number of amides is 1. The van der Waals surface area contributed by atoms with E-state index in [1.807, 2.05) is 38.1 Å². The van der Waals surface area contributed by atoms with E-state index in [4.69, 9.17) is 14.2 Å². The Morgan fingerprint density at radius 1 is 1.12 bits per heavy atom. The fourth-order valence-electron chi connectivity index (χ4n) is 2.16. The van der Waals surface area contributed by atoms with Crippen LogP contribution in [0, 0.1) is 0 Å². The minimum absolute atomic E-state index is 0.297. The summed E-state index contributed by atoms with van der Waals surface area (Å²) in [6, 6.07) is 6.66. The van der Waals surface area contributed by atoms with Crippen LogP contribution in [0.15, 0.2) is 24.3 Å². The van der Waals surface area contributed by atoms with Gasteiger partial charge in [0.2, 0.25) is 0 Å². The van der Waals surface area contributed by atoms with Gasteiger partial charge in [0.1, 0.15) is 17.4 Å². The lowest BCUT2D eigenvalue weighted by Crippen LogP contribution is -2.45. The van der Waals surface area contributed by atoms with E-state index in [2.05, 4.69) is 5.32 Å². The molecule has 6 heteroatoms. The van der Waals surface area contributed by atoms with Crippen LogP contribution in [-0.2, 0) is 20.7 Å². The first-order valence-corrected chi connectivity index (χ1v) is 9.13. The lowest BCUT2D eigenvalue weighted by Gasteiger charge is -2.23. The van der Waals surface area contributed by atoms with Crippen LogP contribution in [0.1, 0.15) is 53.0 Å². The molecule has 1 N–H and O–H groups in total. The van der Waals surface area contributed by atoms with Crippen molar-refractivity contribution >= 4 is 12.1 Å². The molecule has 26 heavy (non-hydrogen) atoms. The van der Waals surface area contributed by atoms with Crippen LogP contribution in [0.2, 0.25) is 0 Å². The number of carbonyl (C=O) groups is 2. The van der Waals surface area contributed by atoms with Gasteiger partial charge in [-0.05, 0) is 51.3 Å². The molecule has 1 aromatic carbocycles. The van der Waals surface area contributed by atoms with Crippen molar-refractivity contribution in [2.75, 3.05) is 13.2 Å². The number of hydrogen-bond acceptors (Lipinski definition) is 5. The summed E-state index contributed by atoms with van der Waals surface area (Å²) in [5, 5.41) is 2.62. The molecule has 1 rings (SSSR count). The van der Waals surface area contributed by atoms with Gasteiger partial charge in [-0.1, -0.05) is 26.0 Å². The fraction of sp³-hybridized carbons (Fsp3) is 0.600. The first-order valence-electron chi connectivity index (χ1n) is 9.13. The van der Waals surface area contributed by atoms with Gasteiger partial charge in [-0.25, -0.2) is 9.59 Å². The van der Waals surface area contributed by atoms with Gasteiger partial charge in [-0.3, -0.25) is 0 Å². The molecule has 0 bridgehead atoms. The van der Waals surface area contributed by atoms with Crippen molar-refractivity contribution in [1.29, 1.82) is 0 Å². The monoisotopic (exact) mass is 365 g/mol. The van der Waals surface area contributed by atoms with Crippen molar-refractivity contribution < 1.29 is 23.8 Å². The van der Waals surface area contributed by atoms with E-state index in [-0.39, 0.29) is 0 Å². The van der Waals surface area contributed by atoms with Gasteiger partial charge < -0.3 is 19.5 Å². The van der Waals surface area contributed by atoms with Crippen molar-refractivity contribution in [2.45, 2.75) is 65.5 Å². The van der Waals surface area contributed by atoms with Crippen molar-refractivity contribution in [3.8, 4) is 5.75 Å². The second-order valence-electron chi connectivity index (χ2n) is 7.07. The van der Waals surface area contributed by atoms with Crippen LogP contribution < -0.4 is 10.1 Å². The summed E-state index contributed by atoms with van der Waals surface area (Å²) < 4.78 is 16.1. The number of esters is 1. The zero-order valence-electron chi connectivity index (χ0n) is 16.5. The first-order chi connectivity index (χ1) is 12.2. The Bertz CT molecular complexity index is 580. The highest BCUT2D eigenvalue weighted by Gasteiger charge is 2.26. The summed E-state index contributed by atoms with van der Waals surface area (Å²) in [7, 11) is 0. The number of rotatable bonds is 9. The maximum Gasteiger partial charge on any atom is 0.408 e. The second-order valence-corrected chi connectivity index (χ2v) is 7.07. The molecule has 0 aliphatic rings. The van der Waals surface area contributed by atoms with Crippen LogP contribution in [0.4, 0.5) is 4.79 Å². The van der Waals surface area contributed by atoms with E-state index in [0.717, 1.165) is 17.7 Å². The minimum Gasteiger partial charge on any atom is -0.494 e. The molecule has 0 heterocycles. The second kappa shape index (κ2) is 10.7. The van der Waals surface area contributed by atoms with E-state index >= 15 is 0 Å². The smallest absolute Gasteiger partial charge is 0.408 e. The number of alkyl carbamates (subject to hydrolysis) is 1. The van der Waals surface area contributed by atoms with Crippen molar-refractivity contribution in [2.24, 2.45) is 0 Å². The van der Waals surface area contributed by atoms with E-state index in [1.54, 1.807) is 20.8 Å². The molecule has 0 aliphatic carbocycles. The highest BCUT2D eigenvalue weighted by atomic mass is 16.6. The molecule has 1 aromatic rings. The third-order valence-electron chi connectivity index (χ3n) is 3.24. The van der Waals surface area contributed by atoms with Gasteiger partial charge in [0.15, 0.2) is 0 Å². The van der Waals surface area contributed by atoms with Gasteiger partial charge in [0, 0.05) is 6.42 Å². The lowest BCUT2D eigenvalue weighted by molar-refractivity contribution is -0.146. The fourth-order valence-corrected chi connectivity index (χ4v) is 2.16. The van der Waals surface area contributed by atoms with Crippen LogP contribution >= 0.6 is 0 Å². The Hall–Kier alpha value is -2.24. The Morgan fingerprint density at radius 2 is 1.81 bits per heavy atom. The number of ether oxygens (including phenoxy) is 3. The maximum atomic E-state index is 12.3. The largest absolute Gasteiger partial charge is 0.494 e. The van der Waals surface area contributed by atoms with Gasteiger partial charge in [0.25, 0.3) is 0 Å². The maximum absolute atomic E-state index is 12.3. The number of hydrogen-bond donors (Lipinski definition) is 1. The predicted octanol–water partition coefficient (Wildman–Crippen LogP) is 3.86. The highest BCUT2D eigenvalue weighted by Crippen LogP contribution is 2.16. The van der Waals surface area contributed by atoms with Gasteiger partial charge in [-0.2, -0.15) is 0 Å². The molecule has 1 atom stereocenters. The van der Waals surface area contributed by atoms with E-state index < -0.39 is 23.7 Å². The molecule has 0 aromatic heterocycles. The molecule has 1 amide bonds. The van der Waals surface area contributed by atoms with Gasteiger partial charge in [0.05, 0.1) is 13.2 Å². The average Bonchev–Trinajstić information content (AvgIpc) is 2.56. The molecule has 0 aliphatic heterocycles. The zero-order valence-corrected chi connectivity index (χ0v) is 16.5. The lowest BCUT2D eigenvalue weighted by atomic mass is 10.1. The molecular formula is C20H31NO5. The average molecular weight is 365 g/mol. The summed E-state index contributed by atoms with van der Waals surface area (Å²) >= 11 is 0. The molecule has 0 radical (unpaired) electrons. The normalized spacial score (nSPS) is 12.2. The molecule has 1 unspecified atom stereocenters. The minimum atomic E-state index is -0.821. The summed E-state index contributed by atoms with van der Waals surface area (Å²) in [6.45, 7) is 10.2. The third kappa shape index (κ3) is 8.74. The molecule has 0 saturated heterocycles. The Kier molecular flexibility index (Phi) is 8.96. The molecule has 6 nitrogen and oxygen atoms in total. The van der Waals surface area contributed by atoms with Crippen LogP contribution in [0.25, 0.3) is 0 Å². The Labute approximate surface area is 156 Å². The van der Waals surface area contributed by atoms with Crippen molar-refractivity contribution in [3.63, 3.8) is 0 Å². The van der Waals surface area contributed by atoms with Crippen LogP contribution in [0.3, 0.4) is 0 Å². The number of benzene rings is 1. The van der Waals surface area contributed by atoms with E-state index in [9.17, 15) is 9.59 Å². The number of nitrogens with one attached hydrogen (secondary N) is 1. The topological polar surface area (TPSA) is 73.9 Å². The summed E-state index contributed by atoms with van der Waals surface area (Å²) in [6.07, 6.45) is 1.28. The van der Waals surface area contributed by atoms with Crippen LogP contribution in [0.5, 0.6) is 5.75 Å². The number of carbonyl (C=O) groups excluding carboxylic acids is 2. The summed E-state index contributed by atoms with van der Waals surface area (Å²) in [4.78, 5) is 24.4. The Morgan fingerprint density at radius 3 is 2.42 bits per heavy atom. The SMILES string of the molecule is CCCOC(=O)C(Cc1cccc(OCCC)c1)NC(=O)OC(C)(C)C. The van der Waals surface area contributed by atoms with E-state index in [1.165, 1.54) is 0 Å². The molecule has 0 saturated carbocycles. The molecule has 146 valence electrons. The predicted molar refractivity (Wildman–Crippen MR) is 100 cm³/mol.